The number of anilines is 1. The quantitative estimate of drug-likeness (QED) is 0.696. The molecule has 0 saturated carbocycles. The topological polar surface area (TPSA) is 116 Å². The second-order valence-corrected chi connectivity index (χ2v) is 7.05. The lowest BCUT2D eigenvalue weighted by atomic mass is 10.0. The molecule has 0 spiro atoms. The fourth-order valence-electron chi connectivity index (χ4n) is 3.56. The maximum atomic E-state index is 12.1. The zero-order valence-corrected chi connectivity index (χ0v) is 16.6. The van der Waals surface area contributed by atoms with Gasteiger partial charge in [0, 0.05) is 18.7 Å². The average molecular weight is 397 g/mol. The number of ether oxygens (including phenoxy) is 1. The molecule has 0 atom stereocenters. The Morgan fingerprint density at radius 3 is 2.48 bits per heavy atom. The first-order valence-corrected chi connectivity index (χ1v) is 9.78. The van der Waals surface area contributed by atoms with Gasteiger partial charge >= 0.3 is 0 Å². The van der Waals surface area contributed by atoms with E-state index in [2.05, 4.69) is 11.7 Å². The zero-order valence-electron chi connectivity index (χ0n) is 16.6. The van der Waals surface area contributed by atoms with E-state index in [1.165, 1.54) is 6.08 Å². The van der Waals surface area contributed by atoms with E-state index in [0.29, 0.717) is 38.2 Å². The van der Waals surface area contributed by atoms with Crippen molar-refractivity contribution in [3.8, 4) is 17.0 Å². The molecule has 29 heavy (non-hydrogen) atoms. The normalized spacial score (nSPS) is 14.6. The highest BCUT2D eigenvalue weighted by molar-refractivity contribution is 6.03. The molecule has 0 unspecified atom stereocenters. The van der Waals surface area contributed by atoms with Crippen molar-refractivity contribution < 1.29 is 14.3 Å². The van der Waals surface area contributed by atoms with Gasteiger partial charge in [0.15, 0.2) is 0 Å². The van der Waals surface area contributed by atoms with Gasteiger partial charge in [0.2, 0.25) is 5.91 Å². The van der Waals surface area contributed by atoms with Crippen LogP contribution in [0.25, 0.3) is 11.3 Å². The van der Waals surface area contributed by atoms with Crippen LogP contribution in [0.2, 0.25) is 0 Å². The summed E-state index contributed by atoms with van der Waals surface area (Å²) in [7, 11) is 0. The number of likely N-dealkylation sites (tertiary alicyclic amines) is 1. The van der Waals surface area contributed by atoms with Crippen molar-refractivity contribution in [1.29, 1.82) is 0 Å². The molecule has 3 rings (SSSR count). The number of hydrogen-bond acceptors (Lipinski definition) is 5. The fourth-order valence-corrected chi connectivity index (χ4v) is 3.56. The summed E-state index contributed by atoms with van der Waals surface area (Å²) in [4.78, 5) is 25.6. The van der Waals surface area contributed by atoms with Crippen LogP contribution < -0.4 is 16.2 Å². The number of carbonyl (C=O) groups excluding carboxylic acids is 2. The van der Waals surface area contributed by atoms with Gasteiger partial charge in [0.1, 0.15) is 22.8 Å². The second-order valence-electron chi connectivity index (χ2n) is 7.05. The van der Waals surface area contributed by atoms with Gasteiger partial charge in [0.25, 0.3) is 5.91 Å². The van der Waals surface area contributed by atoms with Crippen LogP contribution in [0, 0.1) is 0 Å². The number of aromatic nitrogens is 2. The van der Waals surface area contributed by atoms with Crippen LogP contribution in [0.5, 0.6) is 5.75 Å². The third kappa shape index (κ3) is 4.26. The Morgan fingerprint density at radius 1 is 1.28 bits per heavy atom. The first kappa shape index (κ1) is 20.4. The van der Waals surface area contributed by atoms with Gasteiger partial charge in [-0.1, -0.05) is 13.5 Å². The number of benzene rings is 1. The predicted molar refractivity (Wildman–Crippen MR) is 111 cm³/mol. The van der Waals surface area contributed by atoms with E-state index >= 15 is 0 Å². The molecule has 8 nitrogen and oxygen atoms in total. The summed E-state index contributed by atoms with van der Waals surface area (Å²) >= 11 is 0. The van der Waals surface area contributed by atoms with Crippen molar-refractivity contribution >= 4 is 17.6 Å². The number of nitrogen functional groups attached to an aromatic ring is 1. The summed E-state index contributed by atoms with van der Waals surface area (Å²) in [6.07, 6.45) is 3.62. The largest absolute Gasteiger partial charge is 0.494 e. The highest BCUT2D eigenvalue weighted by atomic mass is 16.5. The number of carbonyl (C=O) groups is 2. The summed E-state index contributed by atoms with van der Waals surface area (Å²) in [5.74, 6) is 0.310. The van der Waals surface area contributed by atoms with Crippen molar-refractivity contribution in [2.24, 2.45) is 5.73 Å². The number of nitrogens with two attached hydrogens (primary N) is 2. The minimum atomic E-state index is -0.616. The van der Waals surface area contributed by atoms with E-state index in [0.717, 1.165) is 17.7 Å². The lowest BCUT2D eigenvalue weighted by Gasteiger charge is -2.31. The summed E-state index contributed by atoms with van der Waals surface area (Å²) in [6.45, 7) is 7.38. The molecule has 1 aliphatic heterocycles. The molecular weight excluding hydrogens is 370 g/mol. The van der Waals surface area contributed by atoms with Gasteiger partial charge in [-0.2, -0.15) is 5.10 Å². The Hall–Kier alpha value is -3.29. The standard InChI is InChI=1S/C21H27N5O3/c1-3-13-29-16-7-5-14(6-8-16)19-18(21(23)28)20(22)26(24-19)15-9-11-25(12-10-15)17(27)4-2/h4-8,15H,2-3,9-13,22H2,1H3,(H2,23,28). The Balaban J connectivity index is 1.87. The lowest BCUT2D eigenvalue weighted by molar-refractivity contribution is -0.127. The first-order valence-electron chi connectivity index (χ1n) is 9.78. The molecule has 1 fully saturated rings. The Morgan fingerprint density at radius 2 is 1.93 bits per heavy atom. The Kier molecular flexibility index (Phi) is 6.21. The molecule has 2 amide bonds. The Labute approximate surface area is 170 Å². The molecule has 1 aromatic carbocycles. The van der Waals surface area contributed by atoms with Gasteiger partial charge in [-0.3, -0.25) is 9.59 Å². The van der Waals surface area contributed by atoms with E-state index in [1.54, 1.807) is 9.58 Å². The van der Waals surface area contributed by atoms with Gasteiger partial charge < -0.3 is 21.1 Å². The van der Waals surface area contributed by atoms with E-state index in [9.17, 15) is 9.59 Å². The molecule has 8 heteroatoms. The van der Waals surface area contributed by atoms with E-state index < -0.39 is 5.91 Å². The molecule has 1 aromatic heterocycles. The minimum absolute atomic E-state index is 0.0112. The van der Waals surface area contributed by atoms with Crippen LogP contribution in [-0.2, 0) is 4.79 Å². The molecule has 2 heterocycles. The molecule has 2 aromatic rings. The molecule has 4 N–H and O–H groups in total. The van der Waals surface area contributed by atoms with Crippen molar-refractivity contribution in [2.45, 2.75) is 32.2 Å². The highest BCUT2D eigenvalue weighted by Crippen LogP contribution is 2.33. The average Bonchev–Trinajstić information content (AvgIpc) is 3.09. The van der Waals surface area contributed by atoms with Crippen LogP contribution in [0.4, 0.5) is 5.82 Å². The maximum absolute atomic E-state index is 12.1. The predicted octanol–water partition coefficient (Wildman–Crippen LogP) is 2.37. The van der Waals surface area contributed by atoms with Crippen LogP contribution in [0.1, 0.15) is 42.6 Å². The number of piperidine rings is 1. The summed E-state index contributed by atoms with van der Waals surface area (Å²) in [5, 5.41) is 4.63. The number of hydrogen-bond donors (Lipinski definition) is 2. The van der Waals surface area contributed by atoms with Crippen molar-refractivity contribution in [1.82, 2.24) is 14.7 Å². The molecule has 0 radical (unpaired) electrons. The first-order chi connectivity index (χ1) is 14.0. The Bertz CT molecular complexity index is 896. The maximum Gasteiger partial charge on any atom is 0.254 e. The number of primary amides is 1. The number of rotatable bonds is 7. The van der Waals surface area contributed by atoms with Gasteiger partial charge in [-0.05, 0) is 49.6 Å². The van der Waals surface area contributed by atoms with Gasteiger partial charge in [-0.25, -0.2) is 4.68 Å². The minimum Gasteiger partial charge on any atom is -0.494 e. The SMILES string of the molecule is C=CC(=O)N1CCC(n2nc(-c3ccc(OCCC)cc3)c(C(N)=O)c2N)CC1. The molecule has 154 valence electrons. The smallest absolute Gasteiger partial charge is 0.254 e. The van der Waals surface area contributed by atoms with E-state index in [-0.39, 0.29) is 23.3 Å². The van der Waals surface area contributed by atoms with Crippen LogP contribution >= 0.6 is 0 Å². The summed E-state index contributed by atoms with van der Waals surface area (Å²) in [6, 6.07) is 7.35. The van der Waals surface area contributed by atoms with Crippen molar-refractivity contribution in [3.05, 3.63) is 42.5 Å². The second kappa shape index (κ2) is 8.81. The van der Waals surface area contributed by atoms with Crippen molar-refractivity contribution in [3.63, 3.8) is 0 Å². The lowest BCUT2D eigenvalue weighted by Crippen LogP contribution is -2.38. The zero-order chi connectivity index (χ0) is 21.0. The summed E-state index contributed by atoms with van der Waals surface area (Å²) in [5.41, 5.74) is 13.3. The number of nitrogens with zero attached hydrogens (tertiary/aromatic N) is 3. The van der Waals surface area contributed by atoms with E-state index in [4.69, 9.17) is 16.2 Å². The third-order valence-electron chi connectivity index (χ3n) is 5.09. The molecular formula is C21H27N5O3. The third-order valence-corrected chi connectivity index (χ3v) is 5.09. The fraction of sp³-hybridized carbons (Fsp3) is 0.381. The molecule has 1 aliphatic rings. The van der Waals surface area contributed by atoms with Crippen LogP contribution in [0.3, 0.4) is 0 Å². The van der Waals surface area contributed by atoms with Gasteiger partial charge in [0.05, 0.1) is 12.6 Å². The van der Waals surface area contributed by atoms with Crippen molar-refractivity contribution in [2.75, 3.05) is 25.4 Å². The molecule has 0 bridgehead atoms. The summed E-state index contributed by atoms with van der Waals surface area (Å²) < 4.78 is 7.28. The number of amides is 2. The van der Waals surface area contributed by atoms with E-state index in [1.807, 2.05) is 31.2 Å². The molecule has 1 saturated heterocycles. The monoisotopic (exact) mass is 397 g/mol. The van der Waals surface area contributed by atoms with Crippen LogP contribution in [0.15, 0.2) is 36.9 Å². The van der Waals surface area contributed by atoms with Gasteiger partial charge in [-0.15, -0.1) is 0 Å². The van der Waals surface area contributed by atoms with Crippen LogP contribution in [-0.4, -0.2) is 46.2 Å². The molecule has 0 aliphatic carbocycles. The highest BCUT2D eigenvalue weighted by Gasteiger charge is 2.28.